The third-order valence-corrected chi connectivity index (χ3v) is 0. The summed E-state index contributed by atoms with van der Waals surface area (Å²) in [5.74, 6) is 0. The first-order valence-corrected chi connectivity index (χ1v) is 1.37. The molecule has 0 rings (SSSR count). The Morgan fingerprint density at radius 1 is 1.17 bits per heavy atom. The zero-order valence-corrected chi connectivity index (χ0v) is 8.84. The van der Waals surface area contributed by atoms with Gasteiger partial charge >= 0.3 is 22.3 Å². The summed E-state index contributed by atoms with van der Waals surface area (Å²) in [5, 5.41) is 0. The summed E-state index contributed by atoms with van der Waals surface area (Å²) in [4.78, 5) is 0. The van der Waals surface area contributed by atoms with Crippen LogP contribution in [0.4, 0.5) is 0 Å². The Kier molecular flexibility index (Phi) is 223. The van der Waals surface area contributed by atoms with E-state index in [9.17, 15) is 0 Å². The molecule has 0 aromatic carbocycles. The summed E-state index contributed by atoms with van der Waals surface area (Å²) in [7, 11) is 0. The van der Waals surface area contributed by atoms with Gasteiger partial charge in [-0.15, -0.1) is 0 Å². The van der Waals surface area contributed by atoms with Gasteiger partial charge in [0, 0.05) is 74.4 Å². The van der Waals surface area contributed by atoms with Crippen molar-refractivity contribution in [3.63, 3.8) is 0 Å². The molecular formula is H5AlBCoFeNdNi. The van der Waals surface area contributed by atoms with Crippen LogP contribution in [0.15, 0.2) is 0 Å². The second-order valence-corrected chi connectivity index (χ2v) is 0. The van der Waals surface area contributed by atoms with Gasteiger partial charge in [-0.25, -0.2) is 0 Å². The van der Waals surface area contributed by atoms with Gasteiger partial charge < -0.3 is 0 Å². The monoisotopic (exact) mass is 358 g/mol. The SMILES string of the molecule is [AlH3].[BH2][Co].[Fe].[Nd].[Ni]. The van der Waals surface area contributed by atoms with E-state index in [0.29, 0.717) is 0 Å². The molecule has 0 aromatic rings. The fraction of sp³-hybridized carbons (Fsp3) is 0. The molecule has 0 bridgehead atoms. The molecular weight excluding hydrogens is 356 g/mol. The normalized spacial score (nSPS) is 1.00. The van der Waals surface area contributed by atoms with Crippen LogP contribution < -0.4 is 0 Å². The van der Waals surface area contributed by atoms with Gasteiger partial charge in [0.2, 0.25) is 0 Å². The minimum atomic E-state index is 0. The molecule has 0 fully saturated rings. The van der Waals surface area contributed by atoms with Crippen molar-refractivity contribution in [2.24, 2.45) is 0 Å². The molecule has 0 amide bonds. The van der Waals surface area contributed by atoms with Crippen molar-refractivity contribution in [3.8, 4) is 0 Å². The maximum atomic E-state index is 3.56. The second-order valence-electron chi connectivity index (χ2n) is 0. The molecule has 0 saturated heterocycles. The fourth-order valence-corrected chi connectivity index (χ4v) is 0. The minimum absolute atomic E-state index is 0. The third-order valence-electron chi connectivity index (χ3n) is 0. The van der Waals surface area contributed by atoms with Gasteiger partial charge in [-0.2, -0.15) is 0 Å². The molecule has 0 aromatic heterocycles. The van der Waals surface area contributed by atoms with E-state index in [-0.39, 0.29) is 91.8 Å². The Labute approximate surface area is 112 Å². The Morgan fingerprint density at radius 2 is 1.17 bits per heavy atom. The van der Waals surface area contributed by atoms with Gasteiger partial charge in [-0.3, -0.25) is 0 Å². The largest absolute Gasteiger partial charge is 0 e. The molecule has 0 aliphatic heterocycles. The molecule has 6 heteroatoms. The predicted molar refractivity (Wildman–Crippen MR) is 18.5 cm³/mol. The number of hydrogen-bond acceptors (Lipinski definition) is 0. The molecule has 0 N–H and O–H groups in total. The number of rotatable bonds is 0. The van der Waals surface area contributed by atoms with Gasteiger partial charge in [-0.1, -0.05) is 0 Å². The van der Waals surface area contributed by atoms with Gasteiger partial charge in [0.1, 0.15) is 0 Å². The summed E-state index contributed by atoms with van der Waals surface area (Å²) >= 11 is 3.56. The van der Waals surface area contributed by atoms with E-state index in [0.717, 1.165) is 0 Å². The average molecular weight is 361 g/mol. The Hall–Kier alpha value is 3.47. The van der Waals surface area contributed by atoms with E-state index in [1.807, 2.05) is 0 Å². The minimum Gasteiger partial charge on any atom is 0 e. The molecule has 0 aliphatic carbocycles. The Morgan fingerprint density at radius 3 is 1.17 bits per heavy atom. The van der Waals surface area contributed by atoms with Crippen LogP contribution in [0.1, 0.15) is 0 Å². The molecule has 0 saturated carbocycles. The fourth-order valence-electron chi connectivity index (χ4n) is 0. The second kappa shape index (κ2) is 39.3. The van der Waals surface area contributed by atoms with Crippen molar-refractivity contribution >= 4 is 24.1 Å². The average Bonchev–Trinajstić information content (AvgIpc) is 1.00. The van der Waals surface area contributed by atoms with Crippen LogP contribution in [0, 0.1) is 40.8 Å². The van der Waals surface area contributed by atoms with Crippen molar-refractivity contribution in [2.75, 3.05) is 0 Å². The first-order valence-electron chi connectivity index (χ1n) is 0.333. The van der Waals surface area contributed by atoms with E-state index in [1.165, 1.54) is 0 Å². The van der Waals surface area contributed by atoms with Gasteiger partial charge in [0.25, 0.3) is 0 Å². The molecule has 42 valence electrons. The zero-order chi connectivity index (χ0) is 2.00. The summed E-state index contributed by atoms with van der Waals surface area (Å²) in [6.45, 7) is 1.69. The van der Waals surface area contributed by atoms with E-state index < -0.39 is 0 Å². The first kappa shape index (κ1) is 34.0. The summed E-state index contributed by atoms with van der Waals surface area (Å²) in [6, 6.07) is 0. The molecule has 0 aliphatic rings. The quantitative estimate of drug-likeness (QED) is 0.434. The van der Waals surface area contributed by atoms with Crippen LogP contribution in [0.2, 0.25) is 0 Å². The van der Waals surface area contributed by atoms with Crippen LogP contribution in [-0.2, 0) is 49.1 Å². The standard InChI is InChI=1S/Al.BH2.Co.Fe.Nd.Ni.3H/h;1H2;;;;;;;/q;+1;-1;;;;;;. The van der Waals surface area contributed by atoms with E-state index in [1.54, 1.807) is 6.70 Å². The molecule has 0 nitrogen and oxygen atoms in total. The Bertz CT molecular complexity index is 15.5. The van der Waals surface area contributed by atoms with Gasteiger partial charge in [-0.05, 0) is 0 Å². The van der Waals surface area contributed by atoms with Crippen LogP contribution in [0.5, 0.6) is 0 Å². The summed E-state index contributed by atoms with van der Waals surface area (Å²) in [6.07, 6.45) is 0. The third kappa shape index (κ3) is 26.0. The molecule has 0 radical (unpaired) electrons. The summed E-state index contributed by atoms with van der Waals surface area (Å²) in [5.41, 5.74) is 0. The molecule has 0 atom stereocenters. The Balaban J connectivity index is -0.000000000833. The van der Waals surface area contributed by atoms with E-state index in [4.69, 9.17) is 0 Å². The molecule has 0 heterocycles. The van der Waals surface area contributed by atoms with E-state index >= 15 is 0 Å². The number of hydrogen-bond donors (Lipinski definition) is 0. The maximum absolute atomic E-state index is 3.56. The van der Waals surface area contributed by atoms with Crippen LogP contribution in [0.3, 0.4) is 0 Å². The topological polar surface area (TPSA) is 0 Å². The van der Waals surface area contributed by atoms with Crippen molar-refractivity contribution in [3.05, 3.63) is 0 Å². The van der Waals surface area contributed by atoms with Gasteiger partial charge in [0.05, 0.1) is 0 Å². The van der Waals surface area contributed by atoms with Crippen molar-refractivity contribution in [1.82, 2.24) is 0 Å². The molecule has 0 spiro atoms. The summed E-state index contributed by atoms with van der Waals surface area (Å²) < 4.78 is 0. The van der Waals surface area contributed by atoms with Crippen LogP contribution in [-0.4, -0.2) is 24.1 Å². The van der Waals surface area contributed by atoms with Gasteiger partial charge in [0.15, 0.2) is 17.4 Å². The first-order chi connectivity index (χ1) is 1.00. The molecule has 0 unspecified atom stereocenters. The smallest absolute Gasteiger partial charge is 0 e. The van der Waals surface area contributed by atoms with Crippen molar-refractivity contribution in [1.29, 1.82) is 0 Å². The van der Waals surface area contributed by atoms with E-state index in [2.05, 4.69) is 15.6 Å². The molecule has 6 heavy (non-hydrogen) atoms. The van der Waals surface area contributed by atoms with Crippen LogP contribution in [0.25, 0.3) is 0 Å². The maximum Gasteiger partial charge on any atom is 0 e. The zero-order valence-electron chi connectivity index (χ0n) is 2.50. The van der Waals surface area contributed by atoms with Crippen molar-refractivity contribution in [2.45, 2.75) is 0 Å². The van der Waals surface area contributed by atoms with Crippen LogP contribution >= 0.6 is 0 Å². The van der Waals surface area contributed by atoms with Crippen molar-refractivity contribution < 1.29 is 90.0 Å². The predicted octanol–water partition coefficient (Wildman–Crippen LogP) is -2.11.